The van der Waals surface area contributed by atoms with Crippen molar-refractivity contribution in [1.82, 2.24) is 19.8 Å². The van der Waals surface area contributed by atoms with E-state index in [1.54, 1.807) is 0 Å². The third-order valence-electron chi connectivity index (χ3n) is 3.94. The molecule has 1 aromatic carbocycles. The summed E-state index contributed by atoms with van der Waals surface area (Å²) in [5.41, 5.74) is 2.42. The Bertz CT molecular complexity index is 558. The minimum absolute atomic E-state index is 1.02. The van der Waals surface area contributed by atoms with Gasteiger partial charge in [-0.15, -0.1) is 0 Å². The molecule has 1 fully saturated rings. The summed E-state index contributed by atoms with van der Waals surface area (Å²) in [5, 5.41) is 3.39. The molecule has 2 aromatic rings. The first-order valence-corrected chi connectivity index (χ1v) is 8.31. The SMILES string of the molecule is Brc1ccc(-c2cncn2CCCN2CCNCC2)cc1. The highest BCUT2D eigenvalue weighted by Crippen LogP contribution is 2.21. The fourth-order valence-electron chi connectivity index (χ4n) is 2.76. The van der Waals surface area contributed by atoms with Crippen molar-refractivity contribution in [2.75, 3.05) is 32.7 Å². The Hall–Kier alpha value is -1.17. The van der Waals surface area contributed by atoms with Gasteiger partial charge in [0.2, 0.25) is 0 Å². The Morgan fingerprint density at radius 2 is 1.86 bits per heavy atom. The molecule has 0 amide bonds. The third kappa shape index (κ3) is 3.93. The quantitative estimate of drug-likeness (QED) is 0.901. The van der Waals surface area contributed by atoms with Crippen LogP contribution in [-0.2, 0) is 6.54 Å². The van der Waals surface area contributed by atoms with Crippen LogP contribution in [0.15, 0.2) is 41.3 Å². The van der Waals surface area contributed by atoms with Crippen LogP contribution in [0, 0.1) is 0 Å². The Balaban J connectivity index is 1.59. The number of nitrogens with zero attached hydrogens (tertiary/aromatic N) is 3. The molecule has 0 atom stereocenters. The van der Waals surface area contributed by atoms with Crippen LogP contribution >= 0.6 is 15.9 Å². The second kappa shape index (κ2) is 7.20. The van der Waals surface area contributed by atoms with Crippen LogP contribution < -0.4 is 5.32 Å². The van der Waals surface area contributed by atoms with Crippen molar-refractivity contribution in [3.05, 3.63) is 41.3 Å². The maximum atomic E-state index is 4.31. The number of hydrogen-bond acceptors (Lipinski definition) is 3. The lowest BCUT2D eigenvalue weighted by Crippen LogP contribution is -2.43. The van der Waals surface area contributed by atoms with Gasteiger partial charge in [-0.25, -0.2) is 4.98 Å². The zero-order chi connectivity index (χ0) is 14.5. The van der Waals surface area contributed by atoms with Gasteiger partial charge < -0.3 is 14.8 Å². The molecular formula is C16H21BrN4. The molecule has 1 aliphatic heterocycles. The fourth-order valence-corrected chi connectivity index (χ4v) is 3.02. The Labute approximate surface area is 134 Å². The highest BCUT2D eigenvalue weighted by molar-refractivity contribution is 9.10. The molecular weight excluding hydrogens is 328 g/mol. The maximum Gasteiger partial charge on any atom is 0.0950 e. The summed E-state index contributed by atoms with van der Waals surface area (Å²) < 4.78 is 3.36. The van der Waals surface area contributed by atoms with Crippen LogP contribution in [0.4, 0.5) is 0 Å². The second-order valence-corrected chi connectivity index (χ2v) is 6.34. The number of nitrogens with one attached hydrogen (secondary N) is 1. The summed E-state index contributed by atoms with van der Waals surface area (Å²) in [6, 6.07) is 8.42. The van der Waals surface area contributed by atoms with Crippen molar-refractivity contribution in [3.8, 4) is 11.3 Å². The van der Waals surface area contributed by atoms with Crippen molar-refractivity contribution < 1.29 is 0 Å². The lowest BCUT2D eigenvalue weighted by atomic mass is 10.1. The number of aromatic nitrogens is 2. The molecule has 2 heterocycles. The molecule has 4 nitrogen and oxygen atoms in total. The number of hydrogen-bond donors (Lipinski definition) is 1. The number of halogens is 1. The van der Waals surface area contributed by atoms with E-state index in [-0.39, 0.29) is 0 Å². The van der Waals surface area contributed by atoms with Crippen LogP contribution in [0.2, 0.25) is 0 Å². The van der Waals surface area contributed by atoms with E-state index in [4.69, 9.17) is 0 Å². The first-order valence-electron chi connectivity index (χ1n) is 7.52. The number of rotatable bonds is 5. The van der Waals surface area contributed by atoms with Gasteiger partial charge in [0.05, 0.1) is 18.2 Å². The van der Waals surface area contributed by atoms with Gasteiger partial charge in [0.1, 0.15) is 0 Å². The third-order valence-corrected chi connectivity index (χ3v) is 4.46. The largest absolute Gasteiger partial charge is 0.331 e. The minimum Gasteiger partial charge on any atom is -0.331 e. The van der Waals surface area contributed by atoms with Crippen LogP contribution in [0.1, 0.15) is 6.42 Å². The summed E-state index contributed by atoms with van der Waals surface area (Å²) in [6.45, 7) is 6.77. The molecule has 0 aliphatic carbocycles. The highest BCUT2D eigenvalue weighted by Gasteiger charge is 2.09. The molecule has 21 heavy (non-hydrogen) atoms. The monoisotopic (exact) mass is 348 g/mol. The van der Waals surface area contributed by atoms with E-state index in [1.807, 2.05) is 12.5 Å². The average Bonchev–Trinajstić information content (AvgIpc) is 2.98. The zero-order valence-electron chi connectivity index (χ0n) is 12.1. The molecule has 0 radical (unpaired) electrons. The lowest BCUT2D eigenvalue weighted by Gasteiger charge is -2.27. The first kappa shape index (κ1) is 14.8. The number of benzene rings is 1. The fraction of sp³-hybridized carbons (Fsp3) is 0.438. The van der Waals surface area contributed by atoms with Crippen molar-refractivity contribution >= 4 is 15.9 Å². The molecule has 112 valence electrons. The van der Waals surface area contributed by atoms with E-state index >= 15 is 0 Å². The molecule has 3 rings (SSSR count). The smallest absolute Gasteiger partial charge is 0.0950 e. The van der Waals surface area contributed by atoms with E-state index in [0.29, 0.717) is 0 Å². The van der Waals surface area contributed by atoms with Gasteiger partial charge in [-0.1, -0.05) is 28.1 Å². The van der Waals surface area contributed by atoms with E-state index in [1.165, 1.54) is 37.3 Å². The second-order valence-electron chi connectivity index (χ2n) is 5.42. The average molecular weight is 349 g/mol. The van der Waals surface area contributed by atoms with E-state index < -0.39 is 0 Å². The Morgan fingerprint density at radius 3 is 2.62 bits per heavy atom. The van der Waals surface area contributed by atoms with Gasteiger partial charge in [0.15, 0.2) is 0 Å². The molecule has 0 spiro atoms. The molecule has 0 saturated carbocycles. The van der Waals surface area contributed by atoms with Crippen LogP contribution in [0.5, 0.6) is 0 Å². The van der Waals surface area contributed by atoms with E-state index in [2.05, 4.69) is 60.0 Å². The van der Waals surface area contributed by atoms with Gasteiger partial charge in [-0.3, -0.25) is 0 Å². The number of aryl methyl sites for hydroxylation is 1. The van der Waals surface area contributed by atoms with Gasteiger partial charge in [0, 0.05) is 37.2 Å². The summed E-state index contributed by atoms with van der Waals surface area (Å²) in [4.78, 5) is 6.85. The van der Waals surface area contributed by atoms with Gasteiger partial charge in [-0.2, -0.15) is 0 Å². The maximum absolute atomic E-state index is 4.31. The van der Waals surface area contributed by atoms with Crippen LogP contribution in [-0.4, -0.2) is 47.2 Å². The Morgan fingerprint density at radius 1 is 1.10 bits per heavy atom. The molecule has 5 heteroatoms. The number of piperazine rings is 1. The van der Waals surface area contributed by atoms with Crippen LogP contribution in [0.25, 0.3) is 11.3 Å². The minimum atomic E-state index is 1.02. The molecule has 0 bridgehead atoms. The summed E-state index contributed by atoms with van der Waals surface area (Å²) in [5.74, 6) is 0. The van der Waals surface area contributed by atoms with Crippen molar-refractivity contribution in [1.29, 1.82) is 0 Å². The van der Waals surface area contributed by atoms with Gasteiger partial charge in [-0.05, 0) is 30.7 Å². The van der Waals surface area contributed by atoms with E-state index in [9.17, 15) is 0 Å². The molecule has 1 aliphatic rings. The molecule has 1 N–H and O–H groups in total. The standard InChI is InChI=1S/C16H21BrN4/c17-15-4-2-14(3-5-15)16-12-19-13-21(16)9-1-8-20-10-6-18-7-11-20/h2-5,12-13,18H,1,6-11H2. The number of imidazole rings is 1. The van der Waals surface area contributed by atoms with Crippen molar-refractivity contribution in [2.24, 2.45) is 0 Å². The van der Waals surface area contributed by atoms with Gasteiger partial charge >= 0.3 is 0 Å². The molecule has 1 saturated heterocycles. The van der Waals surface area contributed by atoms with Crippen molar-refractivity contribution in [2.45, 2.75) is 13.0 Å². The predicted molar refractivity (Wildman–Crippen MR) is 89.3 cm³/mol. The predicted octanol–water partition coefficient (Wildman–Crippen LogP) is 2.61. The van der Waals surface area contributed by atoms with E-state index in [0.717, 1.165) is 24.1 Å². The van der Waals surface area contributed by atoms with Gasteiger partial charge in [0.25, 0.3) is 0 Å². The summed E-state index contributed by atoms with van der Waals surface area (Å²) >= 11 is 3.48. The van der Waals surface area contributed by atoms with Crippen LogP contribution in [0.3, 0.4) is 0 Å². The first-order chi connectivity index (χ1) is 10.3. The topological polar surface area (TPSA) is 33.1 Å². The Kier molecular flexibility index (Phi) is 5.06. The zero-order valence-corrected chi connectivity index (χ0v) is 13.7. The molecule has 1 aromatic heterocycles. The molecule has 0 unspecified atom stereocenters. The summed E-state index contributed by atoms with van der Waals surface area (Å²) in [6.07, 6.45) is 5.06. The summed E-state index contributed by atoms with van der Waals surface area (Å²) in [7, 11) is 0. The lowest BCUT2D eigenvalue weighted by molar-refractivity contribution is 0.235. The highest BCUT2D eigenvalue weighted by atomic mass is 79.9. The van der Waals surface area contributed by atoms with Crippen molar-refractivity contribution in [3.63, 3.8) is 0 Å². The normalized spacial score (nSPS) is 16.2.